The van der Waals surface area contributed by atoms with Crippen LogP contribution in [0.5, 0.6) is 11.5 Å². The SMILES string of the molecule is COc1cc(F)cc(C2CNC2)c1O. The van der Waals surface area contributed by atoms with Crippen LogP contribution in [0.1, 0.15) is 11.5 Å². The van der Waals surface area contributed by atoms with Crippen molar-refractivity contribution in [1.29, 1.82) is 0 Å². The first kappa shape index (κ1) is 9.27. The first-order valence-electron chi connectivity index (χ1n) is 4.49. The largest absolute Gasteiger partial charge is 0.504 e. The normalized spacial score (nSPS) is 16.4. The van der Waals surface area contributed by atoms with E-state index >= 15 is 0 Å². The number of ether oxygens (including phenoxy) is 1. The molecule has 0 unspecified atom stereocenters. The monoisotopic (exact) mass is 197 g/mol. The Balaban J connectivity index is 2.41. The third-order valence-electron chi connectivity index (χ3n) is 2.51. The average Bonchev–Trinajstić information content (AvgIpc) is 2.07. The molecule has 0 aromatic heterocycles. The molecule has 2 rings (SSSR count). The first-order chi connectivity index (χ1) is 6.72. The third kappa shape index (κ3) is 1.42. The highest BCUT2D eigenvalue weighted by Gasteiger charge is 2.24. The van der Waals surface area contributed by atoms with Gasteiger partial charge in [-0.1, -0.05) is 0 Å². The van der Waals surface area contributed by atoms with Crippen molar-refractivity contribution in [3.8, 4) is 11.5 Å². The lowest BCUT2D eigenvalue weighted by Gasteiger charge is -2.28. The van der Waals surface area contributed by atoms with E-state index in [-0.39, 0.29) is 23.2 Å². The Labute approximate surface area is 81.5 Å². The number of phenolic OH excluding ortho intramolecular Hbond substituents is 1. The maximum absolute atomic E-state index is 13.1. The van der Waals surface area contributed by atoms with Crippen molar-refractivity contribution in [2.24, 2.45) is 0 Å². The van der Waals surface area contributed by atoms with E-state index in [0.717, 1.165) is 13.1 Å². The van der Waals surface area contributed by atoms with Crippen LogP contribution in [0, 0.1) is 5.82 Å². The van der Waals surface area contributed by atoms with Gasteiger partial charge in [-0.15, -0.1) is 0 Å². The van der Waals surface area contributed by atoms with E-state index in [0.29, 0.717) is 5.56 Å². The molecule has 1 aromatic carbocycles. The fourth-order valence-corrected chi connectivity index (χ4v) is 1.57. The molecule has 1 aliphatic heterocycles. The second-order valence-corrected chi connectivity index (χ2v) is 3.40. The highest BCUT2D eigenvalue weighted by Crippen LogP contribution is 2.36. The molecular formula is C10H12FNO2. The minimum absolute atomic E-state index is 0.0559. The molecule has 14 heavy (non-hydrogen) atoms. The Morgan fingerprint density at radius 1 is 1.50 bits per heavy atom. The predicted molar refractivity (Wildman–Crippen MR) is 50.2 cm³/mol. The first-order valence-corrected chi connectivity index (χ1v) is 4.49. The number of phenols is 1. The number of halogens is 1. The highest BCUT2D eigenvalue weighted by molar-refractivity contribution is 5.48. The van der Waals surface area contributed by atoms with Gasteiger partial charge in [-0.05, 0) is 6.07 Å². The molecule has 0 atom stereocenters. The summed E-state index contributed by atoms with van der Waals surface area (Å²) >= 11 is 0. The second-order valence-electron chi connectivity index (χ2n) is 3.40. The van der Waals surface area contributed by atoms with E-state index < -0.39 is 0 Å². The molecule has 0 amide bonds. The Morgan fingerprint density at radius 2 is 2.21 bits per heavy atom. The van der Waals surface area contributed by atoms with Gasteiger partial charge in [-0.2, -0.15) is 0 Å². The number of hydrogen-bond acceptors (Lipinski definition) is 3. The molecule has 1 aliphatic rings. The number of benzene rings is 1. The van der Waals surface area contributed by atoms with Crippen LogP contribution in [-0.4, -0.2) is 25.3 Å². The molecular weight excluding hydrogens is 185 g/mol. The minimum atomic E-state index is -0.374. The van der Waals surface area contributed by atoms with E-state index in [9.17, 15) is 9.50 Å². The topological polar surface area (TPSA) is 41.5 Å². The quantitative estimate of drug-likeness (QED) is 0.749. The van der Waals surface area contributed by atoms with E-state index in [1.165, 1.54) is 19.2 Å². The van der Waals surface area contributed by atoms with Gasteiger partial charge < -0.3 is 15.2 Å². The summed E-state index contributed by atoms with van der Waals surface area (Å²) in [6, 6.07) is 2.55. The Kier molecular flexibility index (Phi) is 2.29. The van der Waals surface area contributed by atoms with Crippen LogP contribution in [0.15, 0.2) is 12.1 Å². The summed E-state index contributed by atoms with van der Waals surface area (Å²) in [4.78, 5) is 0. The fourth-order valence-electron chi connectivity index (χ4n) is 1.57. The molecule has 76 valence electrons. The average molecular weight is 197 g/mol. The maximum Gasteiger partial charge on any atom is 0.163 e. The van der Waals surface area contributed by atoms with Crippen LogP contribution in [0.3, 0.4) is 0 Å². The Hall–Kier alpha value is -1.29. The van der Waals surface area contributed by atoms with E-state index in [4.69, 9.17) is 4.74 Å². The summed E-state index contributed by atoms with van der Waals surface area (Å²) in [5.41, 5.74) is 0.626. The molecule has 2 N–H and O–H groups in total. The van der Waals surface area contributed by atoms with E-state index in [2.05, 4.69) is 5.32 Å². The van der Waals surface area contributed by atoms with E-state index in [1.54, 1.807) is 0 Å². The van der Waals surface area contributed by atoms with Crippen LogP contribution >= 0.6 is 0 Å². The van der Waals surface area contributed by atoms with Gasteiger partial charge in [0, 0.05) is 30.6 Å². The molecule has 3 nitrogen and oxygen atoms in total. The number of methoxy groups -OCH3 is 1. The lowest BCUT2D eigenvalue weighted by Crippen LogP contribution is -2.39. The molecule has 1 saturated heterocycles. The van der Waals surface area contributed by atoms with Crippen molar-refractivity contribution in [2.45, 2.75) is 5.92 Å². The molecule has 0 spiro atoms. The third-order valence-corrected chi connectivity index (χ3v) is 2.51. The zero-order valence-electron chi connectivity index (χ0n) is 7.88. The van der Waals surface area contributed by atoms with Crippen molar-refractivity contribution >= 4 is 0 Å². The number of rotatable bonds is 2. The lowest BCUT2D eigenvalue weighted by atomic mass is 9.92. The minimum Gasteiger partial charge on any atom is -0.504 e. The molecule has 1 heterocycles. The highest BCUT2D eigenvalue weighted by atomic mass is 19.1. The number of hydrogen-bond donors (Lipinski definition) is 2. The van der Waals surface area contributed by atoms with Gasteiger partial charge >= 0.3 is 0 Å². The van der Waals surface area contributed by atoms with Crippen LogP contribution < -0.4 is 10.1 Å². The molecule has 1 fully saturated rings. The van der Waals surface area contributed by atoms with Gasteiger partial charge in [0.05, 0.1) is 7.11 Å². The van der Waals surface area contributed by atoms with Gasteiger partial charge in [0.1, 0.15) is 5.82 Å². The summed E-state index contributed by atoms with van der Waals surface area (Å²) in [7, 11) is 1.41. The van der Waals surface area contributed by atoms with Gasteiger partial charge in [0.15, 0.2) is 11.5 Å². The Morgan fingerprint density at radius 3 is 2.71 bits per heavy atom. The number of nitrogens with one attached hydrogen (secondary N) is 1. The lowest BCUT2D eigenvalue weighted by molar-refractivity contribution is 0.356. The smallest absolute Gasteiger partial charge is 0.163 e. The standard InChI is InChI=1S/C10H12FNO2/c1-14-9-3-7(11)2-8(10(9)13)6-4-12-5-6/h2-3,6,12-13H,4-5H2,1H3. The number of aromatic hydroxyl groups is 1. The summed E-state index contributed by atoms with van der Waals surface area (Å²) in [5, 5.41) is 12.8. The second kappa shape index (κ2) is 3.46. The summed E-state index contributed by atoms with van der Waals surface area (Å²) in [5.74, 6) is 0.0773. The fraction of sp³-hybridized carbons (Fsp3) is 0.400. The van der Waals surface area contributed by atoms with Crippen LogP contribution in [-0.2, 0) is 0 Å². The maximum atomic E-state index is 13.1. The molecule has 4 heteroatoms. The Bertz CT molecular complexity index is 350. The zero-order valence-corrected chi connectivity index (χ0v) is 7.88. The van der Waals surface area contributed by atoms with Crippen molar-refractivity contribution in [3.05, 3.63) is 23.5 Å². The van der Waals surface area contributed by atoms with E-state index in [1.807, 2.05) is 0 Å². The molecule has 0 bridgehead atoms. The zero-order chi connectivity index (χ0) is 10.1. The molecule has 1 aromatic rings. The molecule has 0 radical (unpaired) electrons. The van der Waals surface area contributed by atoms with Gasteiger partial charge in [-0.3, -0.25) is 0 Å². The van der Waals surface area contributed by atoms with Crippen LogP contribution in [0.4, 0.5) is 4.39 Å². The van der Waals surface area contributed by atoms with Crippen molar-refractivity contribution in [3.63, 3.8) is 0 Å². The predicted octanol–water partition coefficient (Wildman–Crippen LogP) is 1.23. The van der Waals surface area contributed by atoms with Crippen molar-refractivity contribution in [2.75, 3.05) is 20.2 Å². The van der Waals surface area contributed by atoms with Crippen LogP contribution in [0.25, 0.3) is 0 Å². The summed E-state index contributed by atoms with van der Waals surface area (Å²) < 4.78 is 18.0. The molecule has 0 saturated carbocycles. The van der Waals surface area contributed by atoms with Gasteiger partial charge in [-0.25, -0.2) is 4.39 Å². The van der Waals surface area contributed by atoms with Crippen LogP contribution in [0.2, 0.25) is 0 Å². The van der Waals surface area contributed by atoms with Gasteiger partial charge in [0.25, 0.3) is 0 Å². The summed E-state index contributed by atoms with van der Waals surface area (Å²) in [6.45, 7) is 1.56. The molecule has 0 aliphatic carbocycles. The van der Waals surface area contributed by atoms with Crippen molar-refractivity contribution < 1.29 is 14.2 Å². The van der Waals surface area contributed by atoms with Gasteiger partial charge in [0.2, 0.25) is 0 Å². The van der Waals surface area contributed by atoms with Crippen molar-refractivity contribution in [1.82, 2.24) is 5.32 Å². The summed E-state index contributed by atoms with van der Waals surface area (Å²) in [6.07, 6.45) is 0.